The van der Waals surface area contributed by atoms with E-state index < -0.39 is 17.1 Å². The molecule has 4 rings (SSSR count). The Morgan fingerprint density at radius 3 is 2.41 bits per heavy atom. The molecule has 1 aromatic carbocycles. The zero-order chi connectivity index (χ0) is 25.0. The van der Waals surface area contributed by atoms with Crippen molar-refractivity contribution in [1.82, 2.24) is 4.90 Å². The first kappa shape index (κ1) is 25.6. The number of hydrogen-bond acceptors (Lipinski definition) is 3. The highest BCUT2D eigenvalue weighted by atomic mass is 35.5. The zero-order valence-corrected chi connectivity index (χ0v) is 22.5. The highest BCUT2D eigenvalue weighted by molar-refractivity contribution is 6.33. The quantitative estimate of drug-likeness (QED) is 0.373. The molecule has 1 aromatic rings. The van der Waals surface area contributed by atoms with Crippen molar-refractivity contribution >= 4 is 46.8 Å². The first-order valence-corrected chi connectivity index (χ1v) is 13.1. The Morgan fingerprint density at radius 1 is 1.18 bits per heavy atom. The summed E-state index contributed by atoms with van der Waals surface area (Å²) in [6.45, 7) is 9.40. The largest absolute Gasteiger partial charge is 0.443 e. The van der Waals surface area contributed by atoms with Gasteiger partial charge >= 0.3 is 6.09 Å². The van der Waals surface area contributed by atoms with Gasteiger partial charge in [0.05, 0.1) is 10.8 Å². The van der Waals surface area contributed by atoms with E-state index >= 15 is 0 Å². The smallest absolute Gasteiger partial charge is 0.417 e. The summed E-state index contributed by atoms with van der Waals surface area (Å²) in [5, 5.41) is 1.22. The lowest BCUT2D eigenvalue weighted by molar-refractivity contribution is -0.137. The van der Waals surface area contributed by atoms with Crippen LogP contribution >= 0.6 is 34.8 Å². The molecule has 1 aliphatic heterocycles. The van der Waals surface area contributed by atoms with E-state index in [0.717, 1.165) is 24.0 Å². The fourth-order valence-electron chi connectivity index (χ4n) is 6.17. The van der Waals surface area contributed by atoms with E-state index in [1.54, 1.807) is 0 Å². The lowest BCUT2D eigenvalue weighted by Crippen LogP contribution is -2.43. The minimum absolute atomic E-state index is 0.0253. The van der Waals surface area contributed by atoms with E-state index in [9.17, 15) is 9.59 Å². The summed E-state index contributed by atoms with van der Waals surface area (Å²) in [7, 11) is 0. The van der Waals surface area contributed by atoms with Gasteiger partial charge in [-0.3, -0.25) is 4.79 Å². The maximum atomic E-state index is 13.8. The average Bonchev–Trinajstić information content (AvgIpc) is 2.93. The van der Waals surface area contributed by atoms with Gasteiger partial charge in [0.15, 0.2) is 0 Å². The Balaban J connectivity index is 1.79. The standard InChI is InChI=1S/C27H32Cl3NO3/c1-15-23-22(16-6-8-17(28)9-7-16)20(19-11-10-18(29)14-21(19)30)12-13-27(23,5)24(32)31(15)25(33)34-26(2,3)4/h6-9,11,14-15,18,20,22-23H,10,12-13H2,1-5H3/t15-,18?,20+,22+,23+,27-/m1/s1. The third-order valence-electron chi connectivity index (χ3n) is 7.58. The number of alkyl halides is 1. The summed E-state index contributed by atoms with van der Waals surface area (Å²) in [6.07, 6.45) is 5.64. The van der Waals surface area contributed by atoms with E-state index in [1.165, 1.54) is 4.90 Å². The van der Waals surface area contributed by atoms with Crippen molar-refractivity contribution in [3.8, 4) is 0 Å². The van der Waals surface area contributed by atoms with Gasteiger partial charge in [-0.15, -0.1) is 11.6 Å². The Hall–Kier alpha value is -1.49. The van der Waals surface area contributed by atoms with Crippen molar-refractivity contribution in [1.29, 1.82) is 0 Å². The van der Waals surface area contributed by atoms with Gasteiger partial charge in [-0.2, -0.15) is 0 Å². The Labute approximate surface area is 217 Å². The van der Waals surface area contributed by atoms with Crippen LogP contribution in [0.4, 0.5) is 4.79 Å². The fourth-order valence-corrected chi connectivity index (χ4v) is 6.95. The molecule has 1 unspecified atom stereocenters. The number of benzene rings is 1. The first-order chi connectivity index (χ1) is 15.8. The predicted octanol–water partition coefficient (Wildman–Crippen LogP) is 7.68. The van der Waals surface area contributed by atoms with E-state index in [-0.39, 0.29) is 35.1 Å². The Morgan fingerprint density at radius 2 is 1.82 bits per heavy atom. The summed E-state index contributed by atoms with van der Waals surface area (Å²) < 4.78 is 5.63. The maximum Gasteiger partial charge on any atom is 0.417 e. The molecule has 2 amide bonds. The molecule has 0 aromatic heterocycles. The van der Waals surface area contributed by atoms with Crippen molar-refractivity contribution in [3.05, 3.63) is 57.6 Å². The number of rotatable bonds is 2. The molecular formula is C27H32Cl3NO3. The fraction of sp³-hybridized carbons (Fsp3) is 0.556. The molecule has 0 radical (unpaired) electrons. The van der Waals surface area contributed by atoms with Crippen LogP contribution in [0.15, 0.2) is 47.0 Å². The van der Waals surface area contributed by atoms with Crippen LogP contribution in [0, 0.1) is 17.3 Å². The zero-order valence-electron chi connectivity index (χ0n) is 20.3. The maximum absolute atomic E-state index is 13.8. The molecule has 0 spiro atoms. The molecule has 2 aliphatic carbocycles. The van der Waals surface area contributed by atoms with Crippen molar-refractivity contribution in [2.24, 2.45) is 17.3 Å². The molecule has 2 fully saturated rings. The number of halogens is 3. The highest BCUT2D eigenvalue weighted by Gasteiger charge is 2.63. The third kappa shape index (κ3) is 4.54. The topological polar surface area (TPSA) is 46.6 Å². The van der Waals surface area contributed by atoms with Gasteiger partial charge in [-0.25, -0.2) is 9.69 Å². The Kier molecular flexibility index (Phi) is 6.92. The second-order valence-electron chi connectivity index (χ2n) is 11.0. The van der Waals surface area contributed by atoms with Gasteiger partial charge in [-0.05, 0) is 88.1 Å². The van der Waals surface area contributed by atoms with Crippen LogP contribution in [0.5, 0.6) is 0 Å². The lowest BCUT2D eigenvalue weighted by atomic mass is 9.55. The van der Waals surface area contributed by atoms with Crippen molar-refractivity contribution in [2.45, 2.75) is 76.8 Å². The number of imide groups is 1. The number of nitrogens with zero attached hydrogens (tertiary/aromatic N) is 1. The summed E-state index contributed by atoms with van der Waals surface area (Å²) >= 11 is 19.3. The molecule has 7 heteroatoms. The van der Waals surface area contributed by atoms with Gasteiger partial charge in [0.1, 0.15) is 5.60 Å². The molecule has 34 heavy (non-hydrogen) atoms. The summed E-state index contributed by atoms with van der Waals surface area (Å²) in [5.74, 6) is -0.188. The number of fused-ring (bicyclic) bond motifs is 1. The first-order valence-electron chi connectivity index (χ1n) is 11.9. The summed E-state index contributed by atoms with van der Waals surface area (Å²) in [5.41, 5.74) is 0.801. The van der Waals surface area contributed by atoms with Crippen LogP contribution in [0.3, 0.4) is 0 Å². The number of allylic oxidation sites excluding steroid dienone is 4. The third-order valence-corrected chi connectivity index (χ3v) is 8.48. The lowest BCUT2D eigenvalue weighted by Gasteiger charge is -2.47. The van der Waals surface area contributed by atoms with E-state index in [1.807, 2.05) is 65.0 Å². The molecule has 1 saturated heterocycles. The molecule has 6 atom stereocenters. The average molecular weight is 525 g/mol. The molecule has 0 bridgehead atoms. The van der Waals surface area contributed by atoms with E-state index in [4.69, 9.17) is 39.5 Å². The number of amides is 2. The van der Waals surface area contributed by atoms with Crippen LogP contribution in [-0.4, -0.2) is 33.9 Å². The molecule has 4 nitrogen and oxygen atoms in total. The van der Waals surface area contributed by atoms with Crippen LogP contribution in [0.2, 0.25) is 5.02 Å². The van der Waals surface area contributed by atoms with E-state index in [0.29, 0.717) is 16.5 Å². The molecule has 184 valence electrons. The van der Waals surface area contributed by atoms with Gasteiger partial charge in [0, 0.05) is 22.0 Å². The molecule has 0 N–H and O–H groups in total. The number of ether oxygens (including phenoxy) is 1. The normalized spacial score (nSPS) is 33.8. The number of carbonyl (C=O) groups is 2. The number of carbonyl (C=O) groups excluding carboxylic acids is 2. The van der Waals surface area contributed by atoms with Gasteiger partial charge < -0.3 is 4.74 Å². The number of likely N-dealkylation sites (tertiary alicyclic amines) is 1. The van der Waals surface area contributed by atoms with Crippen LogP contribution in [0.1, 0.15) is 65.4 Å². The van der Waals surface area contributed by atoms with Gasteiger partial charge in [0.25, 0.3) is 0 Å². The number of hydrogen-bond donors (Lipinski definition) is 0. The minimum Gasteiger partial charge on any atom is -0.443 e. The van der Waals surface area contributed by atoms with Gasteiger partial charge in [0.2, 0.25) is 5.91 Å². The van der Waals surface area contributed by atoms with Crippen LogP contribution in [-0.2, 0) is 9.53 Å². The molecule has 1 heterocycles. The monoisotopic (exact) mass is 523 g/mol. The highest BCUT2D eigenvalue weighted by Crippen LogP contribution is 2.60. The molecule has 1 saturated carbocycles. The predicted molar refractivity (Wildman–Crippen MR) is 137 cm³/mol. The van der Waals surface area contributed by atoms with E-state index in [2.05, 4.69) is 6.08 Å². The summed E-state index contributed by atoms with van der Waals surface area (Å²) in [4.78, 5) is 28.2. The Bertz CT molecular complexity index is 1040. The minimum atomic E-state index is -0.687. The SMILES string of the molecule is C[C@@H]1[C@H]2[C@@H](c3ccc(Cl)cc3)[C@H](C3=CCC(Cl)C=C3Cl)CC[C@@]2(C)C(=O)N1C(=O)OC(C)(C)C. The van der Waals surface area contributed by atoms with Crippen molar-refractivity contribution in [3.63, 3.8) is 0 Å². The molecule has 3 aliphatic rings. The molecular weight excluding hydrogens is 493 g/mol. The van der Waals surface area contributed by atoms with Crippen LogP contribution in [0.25, 0.3) is 0 Å². The van der Waals surface area contributed by atoms with Crippen molar-refractivity contribution < 1.29 is 14.3 Å². The van der Waals surface area contributed by atoms with Crippen molar-refractivity contribution in [2.75, 3.05) is 0 Å². The van der Waals surface area contributed by atoms with Gasteiger partial charge in [-0.1, -0.05) is 48.3 Å². The second kappa shape index (κ2) is 9.19. The van der Waals surface area contributed by atoms with Crippen LogP contribution < -0.4 is 0 Å². The summed E-state index contributed by atoms with van der Waals surface area (Å²) in [6, 6.07) is 7.50. The second-order valence-corrected chi connectivity index (χ2v) is 12.4.